The molecular formula is C15H23F2N3. The summed E-state index contributed by atoms with van der Waals surface area (Å²) in [4.78, 5) is 2.27. The van der Waals surface area contributed by atoms with Crippen LogP contribution in [0.5, 0.6) is 0 Å². The molecule has 0 amide bonds. The molecule has 20 heavy (non-hydrogen) atoms. The fourth-order valence-electron chi connectivity index (χ4n) is 2.93. The zero-order valence-electron chi connectivity index (χ0n) is 11.6. The van der Waals surface area contributed by atoms with E-state index in [0.717, 1.165) is 26.1 Å². The molecule has 1 aromatic rings. The topological polar surface area (TPSA) is 41.3 Å². The lowest BCUT2D eigenvalue weighted by Crippen LogP contribution is -2.50. The van der Waals surface area contributed by atoms with E-state index < -0.39 is 6.43 Å². The van der Waals surface area contributed by atoms with Crippen molar-refractivity contribution in [2.24, 2.45) is 5.73 Å². The average Bonchev–Trinajstić information content (AvgIpc) is 2.46. The second kappa shape index (κ2) is 7.67. The number of nitrogens with two attached hydrogens (primary N) is 1. The molecule has 2 atom stereocenters. The summed E-state index contributed by atoms with van der Waals surface area (Å²) in [6.07, 6.45) is -1.40. The minimum Gasteiger partial charge on any atom is -0.329 e. The van der Waals surface area contributed by atoms with Crippen molar-refractivity contribution in [2.45, 2.75) is 24.8 Å². The molecule has 1 fully saturated rings. The predicted octanol–water partition coefficient (Wildman–Crippen LogP) is 1.66. The number of halogens is 2. The van der Waals surface area contributed by atoms with Crippen molar-refractivity contribution in [1.82, 2.24) is 10.2 Å². The Morgan fingerprint density at radius 1 is 1.25 bits per heavy atom. The van der Waals surface area contributed by atoms with E-state index in [4.69, 9.17) is 5.73 Å². The molecule has 2 rings (SSSR count). The van der Waals surface area contributed by atoms with Gasteiger partial charge in [-0.3, -0.25) is 4.90 Å². The zero-order chi connectivity index (χ0) is 14.4. The first-order valence-corrected chi connectivity index (χ1v) is 7.18. The van der Waals surface area contributed by atoms with Gasteiger partial charge >= 0.3 is 0 Å². The van der Waals surface area contributed by atoms with Crippen LogP contribution in [0.1, 0.15) is 17.9 Å². The molecule has 2 unspecified atom stereocenters. The van der Waals surface area contributed by atoms with Gasteiger partial charge in [0.25, 0.3) is 6.43 Å². The number of nitrogens with one attached hydrogen (secondary N) is 1. The van der Waals surface area contributed by atoms with Crippen LogP contribution in [0.15, 0.2) is 30.3 Å². The number of likely N-dealkylation sites (tertiary alicyclic amines) is 1. The monoisotopic (exact) mass is 283 g/mol. The second-order valence-corrected chi connectivity index (χ2v) is 5.39. The molecule has 1 aromatic carbocycles. The highest BCUT2D eigenvalue weighted by molar-refractivity contribution is 5.21. The number of alkyl halides is 2. The molecule has 112 valence electrons. The molecule has 1 heterocycles. The molecule has 5 heteroatoms. The summed E-state index contributed by atoms with van der Waals surface area (Å²) in [7, 11) is 0. The summed E-state index contributed by atoms with van der Waals surface area (Å²) < 4.78 is 24.7. The molecule has 0 saturated carbocycles. The Labute approximate surface area is 119 Å². The first kappa shape index (κ1) is 15.4. The molecule has 0 radical (unpaired) electrons. The number of rotatable bonds is 6. The van der Waals surface area contributed by atoms with Gasteiger partial charge in [-0.15, -0.1) is 0 Å². The molecule has 1 aliphatic rings. The van der Waals surface area contributed by atoms with Crippen LogP contribution in [0.4, 0.5) is 8.78 Å². The third-order valence-corrected chi connectivity index (χ3v) is 3.80. The molecule has 1 aliphatic heterocycles. The van der Waals surface area contributed by atoms with Gasteiger partial charge in [0, 0.05) is 32.2 Å². The number of piperidine rings is 1. The van der Waals surface area contributed by atoms with Crippen LogP contribution < -0.4 is 11.1 Å². The van der Waals surface area contributed by atoms with Gasteiger partial charge in [-0.25, -0.2) is 8.78 Å². The Morgan fingerprint density at radius 3 is 2.65 bits per heavy atom. The minimum atomic E-state index is -2.30. The van der Waals surface area contributed by atoms with Crippen LogP contribution in [0.2, 0.25) is 0 Å². The highest BCUT2D eigenvalue weighted by atomic mass is 19.3. The van der Waals surface area contributed by atoms with Crippen LogP contribution >= 0.6 is 0 Å². The summed E-state index contributed by atoms with van der Waals surface area (Å²) >= 11 is 0. The Bertz CT molecular complexity index is 386. The van der Waals surface area contributed by atoms with Crippen molar-refractivity contribution < 1.29 is 8.78 Å². The fourth-order valence-corrected chi connectivity index (χ4v) is 2.93. The lowest BCUT2D eigenvalue weighted by Gasteiger charge is -2.38. The van der Waals surface area contributed by atoms with Gasteiger partial charge < -0.3 is 11.1 Å². The van der Waals surface area contributed by atoms with Crippen molar-refractivity contribution in [3.63, 3.8) is 0 Å². The van der Waals surface area contributed by atoms with Gasteiger partial charge in [-0.1, -0.05) is 30.3 Å². The van der Waals surface area contributed by atoms with Gasteiger partial charge in [-0.05, 0) is 17.9 Å². The Morgan fingerprint density at radius 2 is 2.00 bits per heavy atom. The van der Waals surface area contributed by atoms with E-state index in [-0.39, 0.29) is 12.6 Å². The first-order chi connectivity index (χ1) is 9.69. The van der Waals surface area contributed by atoms with Gasteiger partial charge in [0.2, 0.25) is 0 Å². The summed E-state index contributed by atoms with van der Waals surface area (Å²) in [5.41, 5.74) is 6.91. The lowest BCUT2D eigenvalue weighted by atomic mass is 9.88. The Balaban J connectivity index is 2.00. The largest absolute Gasteiger partial charge is 0.329 e. The van der Waals surface area contributed by atoms with Crippen LogP contribution in [0, 0.1) is 0 Å². The number of benzene rings is 1. The molecule has 0 aliphatic carbocycles. The molecular weight excluding hydrogens is 260 g/mol. The highest BCUT2D eigenvalue weighted by Crippen LogP contribution is 2.26. The van der Waals surface area contributed by atoms with Crippen LogP contribution in [-0.4, -0.2) is 50.1 Å². The maximum absolute atomic E-state index is 12.4. The van der Waals surface area contributed by atoms with Crippen LogP contribution in [0.3, 0.4) is 0 Å². The molecule has 3 nitrogen and oxygen atoms in total. The van der Waals surface area contributed by atoms with E-state index in [0.29, 0.717) is 12.5 Å². The van der Waals surface area contributed by atoms with E-state index >= 15 is 0 Å². The molecule has 3 N–H and O–H groups in total. The summed E-state index contributed by atoms with van der Waals surface area (Å²) in [6.45, 7) is 2.93. The molecule has 0 bridgehead atoms. The van der Waals surface area contributed by atoms with Crippen molar-refractivity contribution in [3.05, 3.63) is 35.9 Å². The maximum Gasteiger partial charge on any atom is 0.250 e. The van der Waals surface area contributed by atoms with Crippen LogP contribution in [0.25, 0.3) is 0 Å². The number of nitrogens with zero attached hydrogens (tertiary/aromatic N) is 1. The second-order valence-electron chi connectivity index (χ2n) is 5.39. The van der Waals surface area contributed by atoms with Crippen molar-refractivity contribution in [3.8, 4) is 0 Å². The minimum absolute atomic E-state index is 0.106. The fraction of sp³-hybridized carbons (Fsp3) is 0.600. The third kappa shape index (κ3) is 4.51. The van der Waals surface area contributed by atoms with Gasteiger partial charge in [0.15, 0.2) is 0 Å². The smallest absolute Gasteiger partial charge is 0.250 e. The third-order valence-electron chi connectivity index (χ3n) is 3.80. The van der Waals surface area contributed by atoms with Crippen molar-refractivity contribution in [1.29, 1.82) is 0 Å². The van der Waals surface area contributed by atoms with Gasteiger partial charge in [0.05, 0.1) is 6.54 Å². The van der Waals surface area contributed by atoms with Gasteiger partial charge in [0.1, 0.15) is 0 Å². The normalized spacial score (nSPS) is 24.2. The zero-order valence-corrected chi connectivity index (χ0v) is 11.6. The molecule has 0 aromatic heterocycles. The standard InChI is InChI=1S/C15H23F2N3/c16-15(17)9-19-14-8-13(10-20(11-14)7-6-18)12-4-2-1-3-5-12/h1-5,13-15,19H,6-11,18H2. The van der Waals surface area contributed by atoms with Crippen molar-refractivity contribution >= 4 is 0 Å². The van der Waals surface area contributed by atoms with E-state index in [1.807, 2.05) is 18.2 Å². The van der Waals surface area contributed by atoms with Crippen molar-refractivity contribution in [2.75, 3.05) is 32.7 Å². The van der Waals surface area contributed by atoms with E-state index in [2.05, 4.69) is 22.3 Å². The van der Waals surface area contributed by atoms with E-state index in [1.54, 1.807) is 0 Å². The summed E-state index contributed by atoms with van der Waals surface area (Å²) in [6, 6.07) is 10.4. The average molecular weight is 283 g/mol. The Kier molecular flexibility index (Phi) is 5.88. The first-order valence-electron chi connectivity index (χ1n) is 7.18. The van der Waals surface area contributed by atoms with Crippen LogP contribution in [-0.2, 0) is 0 Å². The lowest BCUT2D eigenvalue weighted by molar-refractivity contribution is 0.122. The molecule has 0 spiro atoms. The summed E-state index contributed by atoms with van der Waals surface area (Å²) in [5.74, 6) is 0.381. The quantitative estimate of drug-likeness (QED) is 0.834. The maximum atomic E-state index is 12.4. The predicted molar refractivity (Wildman–Crippen MR) is 77.1 cm³/mol. The number of hydrogen-bond donors (Lipinski definition) is 2. The SMILES string of the molecule is NCCN1CC(NCC(F)F)CC(c2ccccc2)C1. The van der Waals surface area contributed by atoms with E-state index in [1.165, 1.54) is 5.56 Å². The highest BCUT2D eigenvalue weighted by Gasteiger charge is 2.27. The van der Waals surface area contributed by atoms with E-state index in [9.17, 15) is 8.78 Å². The number of hydrogen-bond acceptors (Lipinski definition) is 3. The Hall–Kier alpha value is -1.04. The van der Waals surface area contributed by atoms with Gasteiger partial charge in [-0.2, -0.15) is 0 Å². The molecule has 1 saturated heterocycles. The summed E-state index contributed by atoms with van der Waals surface area (Å²) in [5, 5.41) is 2.98.